The molecule has 0 saturated heterocycles. The van der Waals surface area contributed by atoms with E-state index in [1.165, 1.54) is 10.6 Å². The molecule has 134 valence electrons. The van der Waals surface area contributed by atoms with E-state index in [1.54, 1.807) is 18.2 Å². The molecule has 8 nitrogen and oxygen atoms in total. The molecule has 0 atom stereocenters. The van der Waals surface area contributed by atoms with Crippen LogP contribution in [0, 0.1) is 13.8 Å². The van der Waals surface area contributed by atoms with Crippen molar-refractivity contribution in [3.63, 3.8) is 0 Å². The summed E-state index contributed by atoms with van der Waals surface area (Å²) in [6.45, 7) is 3.10. The Morgan fingerprint density at radius 2 is 1.96 bits per heavy atom. The summed E-state index contributed by atoms with van der Waals surface area (Å²) in [5.74, 6) is -1.30. The van der Waals surface area contributed by atoms with Crippen molar-refractivity contribution < 1.29 is 14.3 Å². The van der Waals surface area contributed by atoms with Gasteiger partial charge in [0.05, 0.1) is 10.7 Å². The monoisotopic (exact) mass is 393 g/mol. The molecule has 2 heterocycles. The Morgan fingerprint density at radius 1 is 1.19 bits per heavy atom. The molecule has 10 heteroatoms. The number of hydrogen-bond acceptors (Lipinski definition) is 6. The number of nitrogens with one attached hydrogen (secondary N) is 1. The van der Waals surface area contributed by atoms with E-state index in [0.717, 1.165) is 11.4 Å². The first kappa shape index (κ1) is 18.1. The number of ether oxygens (including phenoxy) is 1. The van der Waals surface area contributed by atoms with E-state index in [-0.39, 0.29) is 11.6 Å². The topological polar surface area (TPSA) is 98.5 Å². The van der Waals surface area contributed by atoms with Crippen LogP contribution >= 0.6 is 23.2 Å². The normalized spacial score (nSPS) is 10.8. The van der Waals surface area contributed by atoms with Crippen molar-refractivity contribution in [2.24, 2.45) is 0 Å². The Labute approximate surface area is 158 Å². The molecule has 0 fully saturated rings. The number of carbonyl (C=O) groups is 2. The van der Waals surface area contributed by atoms with Gasteiger partial charge >= 0.3 is 5.97 Å². The summed E-state index contributed by atoms with van der Waals surface area (Å²) in [4.78, 5) is 32.2. The molecular formula is C16H13Cl2N5O3. The van der Waals surface area contributed by atoms with Crippen LogP contribution in [0.15, 0.2) is 24.3 Å². The van der Waals surface area contributed by atoms with Gasteiger partial charge in [-0.2, -0.15) is 4.98 Å². The van der Waals surface area contributed by atoms with Gasteiger partial charge in [0.2, 0.25) is 0 Å². The molecule has 0 bridgehead atoms. The number of fused-ring (bicyclic) bond motifs is 1. The third kappa shape index (κ3) is 3.92. The number of anilines is 1. The third-order valence-corrected chi connectivity index (χ3v) is 3.90. The number of aromatic nitrogens is 4. The predicted octanol–water partition coefficient (Wildman–Crippen LogP) is 2.84. The van der Waals surface area contributed by atoms with E-state index in [0.29, 0.717) is 15.7 Å². The smallest absolute Gasteiger partial charge is 0.378 e. The lowest BCUT2D eigenvalue weighted by Crippen LogP contribution is -2.21. The van der Waals surface area contributed by atoms with Crippen LogP contribution < -0.4 is 5.32 Å². The molecular weight excluding hydrogens is 381 g/mol. The van der Waals surface area contributed by atoms with Gasteiger partial charge in [-0.15, -0.1) is 5.10 Å². The van der Waals surface area contributed by atoms with E-state index in [4.69, 9.17) is 27.9 Å². The maximum atomic E-state index is 12.1. The molecule has 2 aromatic heterocycles. The van der Waals surface area contributed by atoms with Gasteiger partial charge in [-0.3, -0.25) is 4.79 Å². The number of benzene rings is 1. The second-order valence-corrected chi connectivity index (χ2v) is 6.28. The van der Waals surface area contributed by atoms with Crippen molar-refractivity contribution in [3.8, 4) is 0 Å². The van der Waals surface area contributed by atoms with Gasteiger partial charge < -0.3 is 10.1 Å². The summed E-state index contributed by atoms with van der Waals surface area (Å²) in [6.07, 6.45) is 0. The van der Waals surface area contributed by atoms with Gasteiger partial charge in [-0.25, -0.2) is 14.3 Å². The quantitative estimate of drug-likeness (QED) is 0.684. The largest absolute Gasteiger partial charge is 0.450 e. The van der Waals surface area contributed by atoms with Crippen molar-refractivity contribution >= 4 is 46.5 Å². The van der Waals surface area contributed by atoms with Crippen molar-refractivity contribution in [2.45, 2.75) is 13.8 Å². The Balaban J connectivity index is 1.66. The minimum Gasteiger partial charge on any atom is -0.450 e. The number of nitrogens with zero attached hydrogens (tertiary/aromatic N) is 4. The first-order valence-corrected chi connectivity index (χ1v) is 8.22. The van der Waals surface area contributed by atoms with Crippen molar-refractivity contribution in [1.82, 2.24) is 19.6 Å². The van der Waals surface area contributed by atoms with Crippen LogP contribution in [0.1, 0.15) is 22.0 Å². The number of halogens is 2. The van der Waals surface area contributed by atoms with Gasteiger partial charge in [0.1, 0.15) is 0 Å². The SMILES string of the molecule is Cc1cc(C)n2nc(C(=O)OCC(=O)Nc3cc(Cl)ccc3Cl)nc2n1. The van der Waals surface area contributed by atoms with Crippen LogP contribution in [0.25, 0.3) is 5.78 Å². The molecule has 0 saturated carbocycles. The zero-order valence-electron chi connectivity index (χ0n) is 13.8. The van der Waals surface area contributed by atoms with Crippen LogP contribution in [-0.2, 0) is 9.53 Å². The maximum absolute atomic E-state index is 12.1. The number of aryl methyl sites for hydroxylation is 2. The zero-order valence-corrected chi connectivity index (χ0v) is 15.3. The summed E-state index contributed by atoms with van der Waals surface area (Å²) in [7, 11) is 0. The molecule has 0 unspecified atom stereocenters. The Bertz CT molecular complexity index is 1020. The van der Waals surface area contributed by atoms with Gasteiger partial charge in [0.15, 0.2) is 6.61 Å². The minimum atomic E-state index is -0.833. The fraction of sp³-hybridized carbons (Fsp3) is 0.188. The molecule has 0 aliphatic carbocycles. The zero-order chi connectivity index (χ0) is 18.8. The highest BCUT2D eigenvalue weighted by molar-refractivity contribution is 6.35. The molecule has 1 amide bonds. The number of rotatable bonds is 4. The second-order valence-electron chi connectivity index (χ2n) is 5.43. The standard InChI is InChI=1S/C16H13Cl2N5O3/c1-8-5-9(2)23-16(19-8)21-14(22-23)15(25)26-7-13(24)20-12-6-10(17)3-4-11(12)18/h3-6H,7H2,1-2H3,(H,20,24). The maximum Gasteiger partial charge on any atom is 0.378 e. The lowest BCUT2D eigenvalue weighted by atomic mass is 10.3. The second kappa shape index (κ2) is 7.27. The van der Waals surface area contributed by atoms with E-state index in [9.17, 15) is 9.59 Å². The molecule has 1 aromatic carbocycles. The highest BCUT2D eigenvalue weighted by Crippen LogP contribution is 2.25. The van der Waals surface area contributed by atoms with E-state index in [2.05, 4.69) is 20.4 Å². The Morgan fingerprint density at radius 3 is 2.73 bits per heavy atom. The van der Waals surface area contributed by atoms with Crippen molar-refractivity contribution in [1.29, 1.82) is 0 Å². The molecule has 0 aliphatic rings. The fourth-order valence-corrected chi connectivity index (χ4v) is 2.56. The van der Waals surface area contributed by atoms with Crippen molar-refractivity contribution in [3.05, 3.63) is 51.5 Å². The predicted molar refractivity (Wildman–Crippen MR) is 95.6 cm³/mol. The summed E-state index contributed by atoms with van der Waals surface area (Å²) < 4.78 is 6.36. The van der Waals surface area contributed by atoms with E-state index in [1.807, 2.05) is 13.8 Å². The number of carbonyl (C=O) groups excluding carboxylic acids is 2. The molecule has 0 spiro atoms. The minimum absolute atomic E-state index is 0.181. The van der Waals surface area contributed by atoms with Gasteiger partial charge in [0, 0.05) is 16.4 Å². The lowest BCUT2D eigenvalue weighted by molar-refractivity contribution is -0.119. The summed E-state index contributed by atoms with van der Waals surface area (Å²) >= 11 is 11.8. The molecule has 0 radical (unpaired) electrons. The highest BCUT2D eigenvalue weighted by atomic mass is 35.5. The molecule has 26 heavy (non-hydrogen) atoms. The highest BCUT2D eigenvalue weighted by Gasteiger charge is 2.18. The summed E-state index contributed by atoms with van der Waals surface area (Å²) in [5.41, 5.74) is 1.84. The van der Waals surface area contributed by atoms with Crippen LogP contribution in [0.5, 0.6) is 0 Å². The number of hydrogen-bond donors (Lipinski definition) is 1. The van der Waals surface area contributed by atoms with Crippen molar-refractivity contribution in [2.75, 3.05) is 11.9 Å². The average molecular weight is 394 g/mol. The lowest BCUT2D eigenvalue weighted by Gasteiger charge is -2.07. The van der Waals surface area contributed by atoms with Crippen LogP contribution in [0.4, 0.5) is 5.69 Å². The average Bonchev–Trinajstić information content (AvgIpc) is 3.00. The van der Waals surface area contributed by atoms with Crippen LogP contribution in [-0.4, -0.2) is 38.1 Å². The molecule has 3 rings (SSSR count). The van der Waals surface area contributed by atoms with Crippen LogP contribution in [0.2, 0.25) is 10.0 Å². The van der Waals surface area contributed by atoms with Gasteiger partial charge in [0.25, 0.3) is 17.5 Å². The first-order chi connectivity index (χ1) is 12.3. The van der Waals surface area contributed by atoms with E-state index < -0.39 is 18.5 Å². The van der Waals surface area contributed by atoms with E-state index >= 15 is 0 Å². The third-order valence-electron chi connectivity index (χ3n) is 3.34. The van der Waals surface area contributed by atoms with Crippen LogP contribution in [0.3, 0.4) is 0 Å². The first-order valence-electron chi connectivity index (χ1n) is 7.46. The number of amides is 1. The molecule has 0 aliphatic heterocycles. The summed E-state index contributed by atoms with van der Waals surface area (Å²) in [6, 6.07) is 6.43. The molecule has 1 N–H and O–H groups in total. The van der Waals surface area contributed by atoms with Gasteiger partial charge in [-0.1, -0.05) is 23.2 Å². The fourth-order valence-electron chi connectivity index (χ4n) is 2.23. The Kier molecular flexibility index (Phi) is 5.06. The Hall–Kier alpha value is -2.71. The number of esters is 1. The summed E-state index contributed by atoms with van der Waals surface area (Å²) in [5, 5.41) is 7.27. The van der Waals surface area contributed by atoms with Gasteiger partial charge in [-0.05, 0) is 38.1 Å². The molecule has 3 aromatic rings.